The molecule has 0 spiro atoms. The quantitative estimate of drug-likeness (QED) is 0.706. The van der Waals surface area contributed by atoms with Crippen molar-refractivity contribution in [2.45, 2.75) is 36.4 Å². The van der Waals surface area contributed by atoms with E-state index < -0.39 is 21.8 Å². The minimum atomic E-state index is -4.59. The van der Waals surface area contributed by atoms with Gasteiger partial charge < -0.3 is 4.74 Å². The second-order valence-corrected chi connectivity index (χ2v) is 9.24. The molecule has 0 aliphatic carbocycles. The van der Waals surface area contributed by atoms with Crippen LogP contribution in [0.3, 0.4) is 0 Å². The monoisotopic (exact) mass is 419 g/mol. The highest BCUT2D eigenvalue weighted by Crippen LogP contribution is 2.32. The second kappa shape index (κ2) is 8.30. The van der Waals surface area contributed by atoms with E-state index in [0.29, 0.717) is 38.5 Å². The fourth-order valence-electron chi connectivity index (χ4n) is 3.12. The van der Waals surface area contributed by atoms with E-state index in [4.69, 9.17) is 4.74 Å². The van der Waals surface area contributed by atoms with Crippen molar-refractivity contribution in [3.63, 3.8) is 0 Å². The molecule has 4 nitrogen and oxygen atoms in total. The molecule has 1 aromatic carbocycles. The molecule has 1 aliphatic rings. The van der Waals surface area contributed by atoms with E-state index in [1.807, 2.05) is 17.5 Å². The maximum Gasteiger partial charge on any atom is 0.416 e. The van der Waals surface area contributed by atoms with Crippen molar-refractivity contribution in [3.05, 3.63) is 52.2 Å². The second-order valence-electron chi connectivity index (χ2n) is 6.31. The maximum absolute atomic E-state index is 13.2. The van der Waals surface area contributed by atoms with Crippen molar-refractivity contribution in [2.24, 2.45) is 0 Å². The zero-order chi connectivity index (χ0) is 19.5. The van der Waals surface area contributed by atoms with Crippen LogP contribution in [0.2, 0.25) is 0 Å². The normalized spacial score (nSPS) is 16.7. The van der Waals surface area contributed by atoms with Crippen LogP contribution in [0.4, 0.5) is 13.2 Å². The van der Waals surface area contributed by atoms with Crippen molar-refractivity contribution >= 4 is 21.4 Å². The molecular formula is C18H20F3NO3S2. The van der Waals surface area contributed by atoms with E-state index >= 15 is 0 Å². The lowest BCUT2D eigenvalue weighted by Crippen LogP contribution is -2.44. The van der Waals surface area contributed by atoms with Gasteiger partial charge in [0.25, 0.3) is 0 Å². The number of ether oxygens (including phenoxy) is 1. The molecule has 2 heterocycles. The highest BCUT2D eigenvalue weighted by molar-refractivity contribution is 7.89. The molecule has 3 rings (SSSR count). The Labute approximate surface area is 160 Å². The summed E-state index contributed by atoms with van der Waals surface area (Å²) in [6.07, 6.45) is -3.01. The zero-order valence-corrected chi connectivity index (χ0v) is 16.1. The Morgan fingerprint density at radius 3 is 2.52 bits per heavy atom. The summed E-state index contributed by atoms with van der Waals surface area (Å²) in [4.78, 5) is 0.710. The molecule has 0 atom stereocenters. The fraction of sp³-hybridized carbons (Fsp3) is 0.444. The van der Waals surface area contributed by atoms with E-state index in [2.05, 4.69) is 0 Å². The Bertz CT molecular complexity index is 845. The van der Waals surface area contributed by atoms with Crippen LogP contribution in [0.5, 0.6) is 0 Å². The average Bonchev–Trinajstić information content (AvgIpc) is 3.15. The molecule has 0 amide bonds. The maximum atomic E-state index is 13.2. The van der Waals surface area contributed by atoms with Gasteiger partial charge >= 0.3 is 6.18 Å². The minimum Gasteiger partial charge on any atom is -0.381 e. The third-order valence-corrected chi connectivity index (χ3v) is 7.41. The Morgan fingerprint density at radius 2 is 1.89 bits per heavy atom. The summed E-state index contributed by atoms with van der Waals surface area (Å²) in [7, 11) is -4.05. The smallest absolute Gasteiger partial charge is 0.381 e. The van der Waals surface area contributed by atoms with Gasteiger partial charge in [0.15, 0.2) is 0 Å². The lowest BCUT2D eigenvalue weighted by atomic mass is 10.1. The highest BCUT2D eigenvalue weighted by atomic mass is 32.2. The molecule has 27 heavy (non-hydrogen) atoms. The summed E-state index contributed by atoms with van der Waals surface area (Å²) in [6, 6.07) is 7.48. The summed E-state index contributed by atoms with van der Waals surface area (Å²) in [5.41, 5.74) is -0.964. The Hall–Kier alpha value is -1.42. The first-order valence-electron chi connectivity index (χ1n) is 8.58. The topological polar surface area (TPSA) is 46.6 Å². The molecule has 1 saturated heterocycles. The van der Waals surface area contributed by atoms with Crippen molar-refractivity contribution < 1.29 is 26.3 Å². The molecule has 0 N–H and O–H groups in total. The van der Waals surface area contributed by atoms with E-state index in [-0.39, 0.29) is 17.5 Å². The lowest BCUT2D eigenvalue weighted by molar-refractivity contribution is -0.137. The SMILES string of the molecule is O=S(=O)(c1cccc(C(F)(F)F)c1)N(CCc1cccs1)C1CCOCC1. The van der Waals surface area contributed by atoms with Crippen LogP contribution in [0.1, 0.15) is 23.3 Å². The van der Waals surface area contributed by atoms with Crippen molar-refractivity contribution in [1.29, 1.82) is 0 Å². The Morgan fingerprint density at radius 1 is 1.15 bits per heavy atom. The van der Waals surface area contributed by atoms with Crippen molar-refractivity contribution in [3.8, 4) is 0 Å². The fourth-order valence-corrected chi connectivity index (χ4v) is 5.55. The predicted molar refractivity (Wildman–Crippen MR) is 97.2 cm³/mol. The third-order valence-electron chi connectivity index (χ3n) is 4.52. The van der Waals surface area contributed by atoms with Crippen molar-refractivity contribution in [2.75, 3.05) is 19.8 Å². The van der Waals surface area contributed by atoms with Gasteiger partial charge in [-0.25, -0.2) is 8.42 Å². The number of sulfonamides is 1. The largest absolute Gasteiger partial charge is 0.416 e. The molecule has 1 aromatic heterocycles. The molecule has 9 heteroatoms. The summed E-state index contributed by atoms with van der Waals surface area (Å²) in [5, 5.41) is 1.91. The summed E-state index contributed by atoms with van der Waals surface area (Å²) in [6.45, 7) is 1.11. The van der Waals surface area contributed by atoms with E-state index in [9.17, 15) is 21.6 Å². The van der Waals surface area contributed by atoms with Crippen LogP contribution in [0.15, 0.2) is 46.7 Å². The first kappa shape index (κ1) is 20.3. The molecule has 1 fully saturated rings. The predicted octanol–water partition coefficient (Wildman–Crippen LogP) is 4.18. The summed E-state index contributed by atoms with van der Waals surface area (Å²) in [5.74, 6) is 0. The van der Waals surface area contributed by atoms with Crippen molar-refractivity contribution in [1.82, 2.24) is 4.31 Å². The van der Waals surface area contributed by atoms with Gasteiger partial charge in [0.05, 0.1) is 10.5 Å². The van der Waals surface area contributed by atoms with Gasteiger partial charge in [-0.3, -0.25) is 0 Å². The van der Waals surface area contributed by atoms with Gasteiger partial charge in [-0.2, -0.15) is 17.5 Å². The van der Waals surface area contributed by atoms with Crippen LogP contribution >= 0.6 is 11.3 Å². The zero-order valence-electron chi connectivity index (χ0n) is 14.5. The molecule has 148 valence electrons. The van der Waals surface area contributed by atoms with Crippen LogP contribution in [-0.4, -0.2) is 38.5 Å². The average molecular weight is 419 g/mol. The van der Waals surface area contributed by atoms with Gasteiger partial charge in [0, 0.05) is 30.7 Å². The van der Waals surface area contributed by atoms with Gasteiger partial charge in [0.2, 0.25) is 10.0 Å². The molecule has 0 radical (unpaired) electrons. The summed E-state index contributed by atoms with van der Waals surface area (Å²) < 4.78 is 72.1. The Balaban J connectivity index is 1.91. The molecule has 1 aliphatic heterocycles. The third kappa shape index (κ3) is 4.90. The number of hydrogen-bond acceptors (Lipinski definition) is 4. The number of hydrogen-bond donors (Lipinski definition) is 0. The van der Waals surface area contributed by atoms with Gasteiger partial charge in [-0.05, 0) is 48.9 Å². The first-order chi connectivity index (χ1) is 12.8. The van der Waals surface area contributed by atoms with Gasteiger partial charge in [0.1, 0.15) is 0 Å². The molecule has 0 saturated carbocycles. The van der Waals surface area contributed by atoms with Crippen LogP contribution < -0.4 is 0 Å². The lowest BCUT2D eigenvalue weighted by Gasteiger charge is -2.33. The number of rotatable bonds is 6. The molecule has 2 aromatic rings. The van der Waals surface area contributed by atoms with E-state index in [1.54, 1.807) is 0 Å². The van der Waals surface area contributed by atoms with E-state index in [0.717, 1.165) is 17.0 Å². The van der Waals surface area contributed by atoms with E-state index in [1.165, 1.54) is 21.7 Å². The first-order valence-corrected chi connectivity index (χ1v) is 10.9. The van der Waals surface area contributed by atoms with Crippen LogP contribution in [0.25, 0.3) is 0 Å². The number of nitrogens with zero attached hydrogens (tertiary/aromatic N) is 1. The number of benzene rings is 1. The number of thiophene rings is 1. The molecular weight excluding hydrogens is 399 g/mol. The summed E-state index contributed by atoms with van der Waals surface area (Å²) >= 11 is 1.53. The van der Waals surface area contributed by atoms with Crippen LogP contribution in [0, 0.1) is 0 Å². The van der Waals surface area contributed by atoms with Gasteiger partial charge in [-0.15, -0.1) is 11.3 Å². The minimum absolute atomic E-state index is 0.226. The molecule has 0 unspecified atom stereocenters. The van der Waals surface area contributed by atoms with Crippen LogP contribution in [-0.2, 0) is 27.4 Å². The van der Waals surface area contributed by atoms with Gasteiger partial charge in [-0.1, -0.05) is 12.1 Å². The highest BCUT2D eigenvalue weighted by Gasteiger charge is 2.35. The standard InChI is InChI=1S/C18H20F3NO3S2/c19-18(20,21)14-3-1-5-17(13-14)27(23,24)22(15-7-10-25-11-8-15)9-6-16-4-2-12-26-16/h1-5,12-13,15H,6-11H2. The number of alkyl halides is 3. The Kier molecular flexibility index (Phi) is 6.25. The number of halogens is 3. The molecule has 0 bridgehead atoms.